The summed E-state index contributed by atoms with van der Waals surface area (Å²) in [6, 6.07) is 21.4. The van der Waals surface area contributed by atoms with Gasteiger partial charge < -0.3 is 9.80 Å². The van der Waals surface area contributed by atoms with Crippen molar-refractivity contribution in [2.45, 2.75) is 37.3 Å². The molecule has 0 aliphatic carbocycles. The number of thiazole rings is 1. The van der Waals surface area contributed by atoms with E-state index in [4.69, 9.17) is 4.98 Å². The standard InChI is InChI=1S/C26H27N3OS/c30-25-26-13-7-14-29(26)22(23-17-27-24(31-23)20-10-5-2-6-11-20)16-21(26)18-28(25)15-12-19-8-3-1-4-9-19/h1-6,8-11,17,21-22H,7,12-16,18H2/p+1/t21?,22?,26-/m0/s1. The fourth-order valence-corrected chi connectivity index (χ4v) is 7.42. The second-order valence-electron chi connectivity index (χ2n) is 9.26. The number of nitrogens with one attached hydrogen (secondary N) is 1. The number of hydrogen-bond donors (Lipinski definition) is 1. The molecule has 1 N–H and O–H groups in total. The molecule has 1 amide bonds. The number of carbonyl (C=O) groups excluding carboxylic acids is 1. The number of hydrogen-bond acceptors (Lipinski definition) is 3. The van der Waals surface area contributed by atoms with E-state index in [-0.39, 0.29) is 5.54 Å². The van der Waals surface area contributed by atoms with Crippen LogP contribution in [0.4, 0.5) is 0 Å². The normalized spacial score (nSPS) is 29.4. The summed E-state index contributed by atoms with van der Waals surface area (Å²) in [6.45, 7) is 2.88. The minimum atomic E-state index is -0.182. The van der Waals surface area contributed by atoms with Crippen molar-refractivity contribution in [2.24, 2.45) is 5.92 Å². The average Bonchev–Trinajstić information content (AvgIpc) is 3.57. The van der Waals surface area contributed by atoms with Crippen molar-refractivity contribution in [3.8, 4) is 10.6 Å². The summed E-state index contributed by atoms with van der Waals surface area (Å²) in [6.07, 6.45) is 6.34. The van der Waals surface area contributed by atoms with Crippen molar-refractivity contribution >= 4 is 17.2 Å². The third kappa shape index (κ3) is 3.06. The van der Waals surface area contributed by atoms with Crippen LogP contribution in [-0.4, -0.2) is 41.0 Å². The van der Waals surface area contributed by atoms with Crippen LogP contribution in [0, 0.1) is 5.92 Å². The summed E-state index contributed by atoms with van der Waals surface area (Å²) in [5.74, 6) is 0.886. The molecular formula is C26H28N3OS+. The zero-order chi connectivity index (χ0) is 20.8. The van der Waals surface area contributed by atoms with Gasteiger partial charge in [-0.15, -0.1) is 11.3 Å². The van der Waals surface area contributed by atoms with Gasteiger partial charge in [0, 0.05) is 50.0 Å². The molecule has 3 unspecified atom stereocenters. The summed E-state index contributed by atoms with van der Waals surface area (Å²) < 4.78 is 0. The molecule has 5 heteroatoms. The molecule has 4 heterocycles. The fraction of sp³-hybridized carbons (Fsp3) is 0.385. The number of benzene rings is 2. The van der Waals surface area contributed by atoms with Crippen molar-refractivity contribution in [1.82, 2.24) is 9.88 Å². The van der Waals surface area contributed by atoms with Crippen molar-refractivity contribution in [3.63, 3.8) is 0 Å². The van der Waals surface area contributed by atoms with Crippen LogP contribution in [0.25, 0.3) is 10.6 Å². The highest BCUT2D eigenvalue weighted by molar-refractivity contribution is 7.15. The Balaban J connectivity index is 1.22. The van der Waals surface area contributed by atoms with Crippen LogP contribution in [-0.2, 0) is 11.2 Å². The Hall–Kier alpha value is -2.50. The molecule has 3 aliphatic heterocycles. The van der Waals surface area contributed by atoms with E-state index in [9.17, 15) is 4.79 Å². The molecule has 4 nitrogen and oxygen atoms in total. The number of carbonyl (C=O) groups is 1. The number of quaternary nitrogens is 1. The zero-order valence-electron chi connectivity index (χ0n) is 17.7. The summed E-state index contributed by atoms with van der Waals surface area (Å²) in [5, 5.41) is 1.09. The first-order valence-electron chi connectivity index (χ1n) is 11.5. The lowest BCUT2D eigenvalue weighted by Gasteiger charge is -2.30. The largest absolute Gasteiger partial charge is 0.336 e. The SMILES string of the molecule is O=C1N(CCc2ccccc2)CC2CC(c3cnc(-c4ccccc4)s3)[NH+]3CCC[C@@]123. The quantitative estimate of drug-likeness (QED) is 0.674. The number of likely N-dealkylation sites (tertiary alicyclic amines) is 1. The topological polar surface area (TPSA) is 37.6 Å². The van der Waals surface area contributed by atoms with Gasteiger partial charge in [-0.25, -0.2) is 4.98 Å². The van der Waals surface area contributed by atoms with E-state index < -0.39 is 0 Å². The van der Waals surface area contributed by atoms with Crippen molar-refractivity contribution in [2.75, 3.05) is 19.6 Å². The van der Waals surface area contributed by atoms with Gasteiger partial charge in [-0.3, -0.25) is 4.79 Å². The van der Waals surface area contributed by atoms with Crippen molar-refractivity contribution < 1.29 is 9.69 Å². The minimum Gasteiger partial charge on any atom is -0.336 e. The molecule has 1 aromatic heterocycles. The summed E-state index contributed by atoms with van der Waals surface area (Å²) in [7, 11) is 0. The third-order valence-corrected chi connectivity index (χ3v) is 8.90. The van der Waals surface area contributed by atoms with Gasteiger partial charge in [0.15, 0.2) is 5.54 Å². The van der Waals surface area contributed by atoms with Crippen LogP contribution < -0.4 is 4.90 Å². The maximum Gasteiger partial charge on any atom is 0.284 e. The van der Waals surface area contributed by atoms with Gasteiger partial charge in [0.1, 0.15) is 11.0 Å². The maximum absolute atomic E-state index is 13.7. The van der Waals surface area contributed by atoms with E-state index in [0.717, 1.165) is 50.3 Å². The Morgan fingerprint density at radius 3 is 2.68 bits per heavy atom. The van der Waals surface area contributed by atoms with Gasteiger partial charge in [0.25, 0.3) is 5.91 Å². The molecule has 6 rings (SSSR count). The van der Waals surface area contributed by atoms with E-state index in [1.807, 2.05) is 17.4 Å². The first-order chi connectivity index (χ1) is 15.3. The molecule has 3 aromatic rings. The predicted octanol–water partition coefficient (Wildman–Crippen LogP) is 3.37. The summed E-state index contributed by atoms with van der Waals surface area (Å²) >= 11 is 1.82. The third-order valence-electron chi connectivity index (χ3n) is 7.74. The van der Waals surface area contributed by atoms with Crippen LogP contribution in [0.1, 0.15) is 35.7 Å². The van der Waals surface area contributed by atoms with Gasteiger partial charge in [-0.2, -0.15) is 0 Å². The molecule has 3 aliphatic rings. The van der Waals surface area contributed by atoms with E-state index in [1.54, 1.807) is 0 Å². The number of amides is 1. The van der Waals surface area contributed by atoms with E-state index in [1.165, 1.54) is 20.9 Å². The molecule has 3 fully saturated rings. The lowest BCUT2D eigenvalue weighted by atomic mass is 9.85. The van der Waals surface area contributed by atoms with E-state index in [0.29, 0.717) is 17.9 Å². The summed E-state index contributed by atoms with van der Waals surface area (Å²) in [4.78, 5) is 23.5. The molecule has 3 saturated heterocycles. The fourth-order valence-electron chi connectivity index (χ4n) is 6.35. The van der Waals surface area contributed by atoms with Crippen molar-refractivity contribution in [3.05, 3.63) is 77.3 Å². The number of rotatable bonds is 5. The van der Waals surface area contributed by atoms with Gasteiger partial charge in [0.05, 0.1) is 11.4 Å². The Bertz CT molecular complexity index is 1080. The van der Waals surface area contributed by atoms with Crippen LogP contribution in [0.3, 0.4) is 0 Å². The molecule has 4 atom stereocenters. The summed E-state index contributed by atoms with van der Waals surface area (Å²) in [5.41, 5.74) is 2.32. The lowest BCUT2D eigenvalue weighted by molar-refractivity contribution is -0.945. The monoisotopic (exact) mass is 430 g/mol. The molecule has 1 spiro atoms. The van der Waals surface area contributed by atoms with Crippen molar-refractivity contribution in [1.29, 1.82) is 0 Å². The molecule has 158 valence electrons. The van der Waals surface area contributed by atoms with Gasteiger partial charge in [0.2, 0.25) is 0 Å². The van der Waals surface area contributed by atoms with E-state index in [2.05, 4.69) is 65.7 Å². The molecular weight excluding hydrogens is 402 g/mol. The Labute approximate surface area is 187 Å². The molecule has 0 bridgehead atoms. The first kappa shape index (κ1) is 19.2. The molecule has 0 saturated carbocycles. The molecule has 0 radical (unpaired) electrons. The predicted molar refractivity (Wildman–Crippen MR) is 123 cm³/mol. The number of aromatic nitrogens is 1. The van der Waals surface area contributed by atoms with Crippen LogP contribution in [0.5, 0.6) is 0 Å². The Kier molecular flexibility index (Phi) is 4.69. The Morgan fingerprint density at radius 2 is 1.87 bits per heavy atom. The minimum absolute atomic E-state index is 0.182. The smallest absolute Gasteiger partial charge is 0.284 e. The van der Waals surface area contributed by atoms with Gasteiger partial charge in [-0.1, -0.05) is 60.7 Å². The second kappa shape index (κ2) is 7.57. The second-order valence-corrected chi connectivity index (χ2v) is 10.3. The Morgan fingerprint density at radius 1 is 1.10 bits per heavy atom. The highest BCUT2D eigenvalue weighted by Gasteiger charge is 2.69. The van der Waals surface area contributed by atoms with E-state index >= 15 is 0 Å². The average molecular weight is 431 g/mol. The highest BCUT2D eigenvalue weighted by atomic mass is 32.1. The molecule has 31 heavy (non-hydrogen) atoms. The lowest BCUT2D eigenvalue weighted by Crippen LogP contribution is -3.17. The maximum atomic E-state index is 13.7. The first-order valence-corrected chi connectivity index (χ1v) is 12.3. The van der Waals surface area contributed by atoms with Gasteiger partial charge in [-0.05, 0) is 12.0 Å². The highest BCUT2D eigenvalue weighted by Crippen LogP contribution is 2.45. The zero-order valence-corrected chi connectivity index (χ0v) is 18.5. The molecule has 2 aromatic carbocycles. The number of nitrogens with zero attached hydrogens (tertiary/aromatic N) is 2. The van der Waals surface area contributed by atoms with Gasteiger partial charge >= 0.3 is 0 Å². The van der Waals surface area contributed by atoms with Crippen LogP contribution in [0.15, 0.2) is 66.9 Å². The van der Waals surface area contributed by atoms with Crippen LogP contribution >= 0.6 is 11.3 Å². The van der Waals surface area contributed by atoms with Crippen LogP contribution in [0.2, 0.25) is 0 Å².